The molecule has 1 rings (SSSR count). The van der Waals surface area contributed by atoms with Gasteiger partial charge in [0, 0.05) is 22.3 Å². The minimum absolute atomic E-state index is 0.145. The molecule has 1 heterocycles. The first-order valence-electron chi connectivity index (χ1n) is 2.71. The Balaban J connectivity index is 3.35. The van der Waals surface area contributed by atoms with Crippen LogP contribution < -0.4 is 10.7 Å². The number of carboxylic acids is 1. The zero-order valence-corrected chi connectivity index (χ0v) is 6.84. The van der Waals surface area contributed by atoms with Crippen molar-refractivity contribution in [3.8, 4) is 0 Å². The molecule has 0 spiro atoms. The van der Waals surface area contributed by atoms with Crippen molar-refractivity contribution in [1.29, 1.82) is 0 Å². The van der Waals surface area contributed by atoms with E-state index in [1.165, 1.54) is 6.20 Å². The molecule has 5 heteroatoms. The van der Waals surface area contributed by atoms with E-state index in [2.05, 4.69) is 20.9 Å². The van der Waals surface area contributed by atoms with Crippen molar-refractivity contribution >= 4 is 21.9 Å². The predicted molar refractivity (Wildman–Crippen MR) is 39.1 cm³/mol. The molecule has 0 atom stereocenters. The minimum atomic E-state index is -1.37. The summed E-state index contributed by atoms with van der Waals surface area (Å²) in [5.41, 5.74) is -0.610. The quantitative estimate of drug-likeness (QED) is 0.689. The van der Waals surface area contributed by atoms with Gasteiger partial charge in [-0.1, -0.05) is 0 Å². The van der Waals surface area contributed by atoms with Crippen molar-refractivity contribution in [1.82, 2.24) is 4.98 Å². The average molecular weight is 217 g/mol. The highest BCUT2D eigenvalue weighted by molar-refractivity contribution is 9.10. The minimum Gasteiger partial charge on any atom is -0.545 e. The molecule has 4 nitrogen and oxygen atoms in total. The maximum Gasteiger partial charge on any atom is 0.248 e. The summed E-state index contributed by atoms with van der Waals surface area (Å²) in [6.07, 6.45) is 1.26. The van der Waals surface area contributed by atoms with Crippen molar-refractivity contribution in [2.75, 3.05) is 0 Å². The Morgan fingerprint density at radius 3 is 2.73 bits per heavy atom. The number of aromatic nitrogens is 1. The Morgan fingerprint density at radius 1 is 1.64 bits per heavy atom. The van der Waals surface area contributed by atoms with Crippen LogP contribution in [0.4, 0.5) is 0 Å². The van der Waals surface area contributed by atoms with Gasteiger partial charge in [-0.25, -0.2) is 0 Å². The van der Waals surface area contributed by atoms with E-state index in [-0.39, 0.29) is 5.56 Å². The van der Waals surface area contributed by atoms with E-state index in [1.54, 1.807) is 0 Å². The fraction of sp³-hybridized carbons (Fsp3) is 0. The molecule has 0 unspecified atom stereocenters. The van der Waals surface area contributed by atoms with Crippen LogP contribution in [0.25, 0.3) is 0 Å². The van der Waals surface area contributed by atoms with Gasteiger partial charge in [0.25, 0.3) is 0 Å². The second-order valence-electron chi connectivity index (χ2n) is 1.85. The van der Waals surface area contributed by atoms with Gasteiger partial charge in [0.1, 0.15) is 0 Å². The van der Waals surface area contributed by atoms with Gasteiger partial charge < -0.3 is 14.9 Å². The molecule has 58 valence electrons. The molecule has 0 saturated heterocycles. The monoisotopic (exact) mass is 216 g/mol. The molecule has 0 aliphatic rings. The fourth-order valence-electron chi connectivity index (χ4n) is 0.610. The molecular weight excluding hydrogens is 214 g/mol. The predicted octanol–water partition coefficient (Wildman–Crippen LogP) is -0.499. The Labute approximate surface area is 70.0 Å². The molecule has 0 fully saturated rings. The van der Waals surface area contributed by atoms with Gasteiger partial charge in [-0.05, 0) is 15.9 Å². The van der Waals surface area contributed by atoms with Gasteiger partial charge in [0.15, 0.2) is 0 Å². The molecular formula is C6H3BrNO3-. The summed E-state index contributed by atoms with van der Waals surface area (Å²) in [6.45, 7) is 0. The van der Waals surface area contributed by atoms with E-state index in [9.17, 15) is 14.7 Å². The molecule has 0 aromatic carbocycles. The Kier molecular flexibility index (Phi) is 2.09. The number of carbonyl (C=O) groups excluding carboxylic acids is 1. The molecule has 0 saturated carbocycles. The van der Waals surface area contributed by atoms with E-state index >= 15 is 0 Å². The third kappa shape index (κ3) is 1.68. The van der Waals surface area contributed by atoms with Crippen LogP contribution in [0, 0.1) is 0 Å². The van der Waals surface area contributed by atoms with Crippen molar-refractivity contribution < 1.29 is 9.90 Å². The summed E-state index contributed by atoms with van der Waals surface area (Å²) in [5, 5.41) is 10.3. The summed E-state index contributed by atoms with van der Waals surface area (Å²) in [4.78, 5) is 23.2. The summed E-state index contributed by atoms with van der Waals surface area (Å²) in [6, 6.07) is 0.958. The molecule has 1 aromatic heterocycles. The number of carbonyl (C=O) groups is 1. The van der Waals surface area contributed by atoms with Crippen LogP contribution in [0.5, 0.6) is 0 Å². The first-order chi connectivity index (χ1) is 5.11. The molecule has 0 aliphatic heterocycles. The zero-order valence-electron chi connectivity index (χ0n) is 5.26. The van der Waals surface area contributed by atoms with Crippen LogP contribution in [-0.4, -0.2) is 11.0 Å². The number of nitrogens with one attached hydrogen (secondary N) is 1. The SMILES string of the molecule is O=C([O-])c1cc(=O)[nH]cc1Br. The first kappa shape index (κ1) is 8.00. The second-order valence-corrected chi connectivity index (χ2v) is 2.70. The van der Waals surface area contributed by atoms with Gasteiger partial charge >= 0.3 is 0 Å². The molecule has 0 radical (unpaired) electrons. The maximum absolute atomic E-state index is 10.6. The van der Waals surface area contributed by atoms with E-state index in [4.69, 9.17) is 0 Å². The fourth-order valence-corrected chi connectivity index (χ4v) is 1.00. The van der Waals surface area contributed by atoms with Crippen LogP contribution >= 0.6 is 15.9 Å². The number of aromatic amines is 1. The lowest BCUT2D eigenvalue weighted by molar-refractivity contribution is -0.255. The van der Waals surface area contributed by atoms with Crippen molar-refractivity contribution in [3.05, 3.63) is 32.7 Å². The van der Waals surface area contributed by atoms with Gasteiger partial charge in [-0.2, -0.15) is 0 Å². The normalized spacial score (nSPS) is 9.55. The van der Waals surface area contributed by atoms with Gasteiger partial charge in [0.05, 0.1) is 5.97 Å². The van der Waals surface area contributed by atoms with E-state index in [0.29, 0.717) is 4.47 Å². The second kappa shape index (κ2) is 2.87. The van der Waals surface area contributed by atoms with Crippen molar-refractivity contribution in [3.63, 3.8) is 0 Å². The third-order valence-electron chi connectivity index (χ3n) is 1.09. The summed E-state index contributed by atoms with van der Waals surface area (Å²) >= 11 is 2.94. The van der Waals surface area contributed by atoms with Crippen LogP contribution in [0.3, 0.4) is 0 Å². The Bertz CT molecular complexity index is 344. The molecule has 0 aliphatic carbocycles. The Morgan fingerprint density at radius 2 is 2.27 bits per heavy atom. The largest absolute Gasteiger partial charge is 0.545 e. The van der Waals surface area contributed by atoms with Gasteiger partial charge in [-0.15, -0.1) is 0 Å². The molecule has 11 heavy (non-hydrogen) atoms. The summed E-state index contributed by atoms with van der Waals surface area (Å²) in [7, 11) is 0. The van der Waals surface area contributed by atoms with Crippen LogP contribution in [0.2, 0.25) is 0 Å². The highest BCUT2D eigenvalue weighted by Gasteiger charge is 1.99. The van der Waals surface area contributed by atoms with Crippen molar-refractivity contribution in [2.45, 2.75) is 0 Å². The van der Waals surface area contributed by atoms with Gasteiger partial charge in [0.2, 0.25) is 5.56 Å². The maximum atomic E-state index is 10.6. The molecule has 0 amide bonds. The number of H-pyrrole nitrogens is 1. The highest BCUT2D eigenvalue weighted by atomic mass is 79.9. The van der Waals surface area contributed by atoms with Crippen molar-refractivity contribution in [2.24, 2.45) is 0 Å². The first-order valence-corrected chi connectivity index (χ1v) is 3.50. The number of pyridine rings is 1. The van der Waals surface area contributed by atoms with E-state index in [0.717, 1.165) is 6.07 Å². The standard InChI is InChI=1S/C6H4BrNO3/c7-4-2-8-5(9)1-3(4)6(10)11/h1-2H,(H,8,9)(H,10,11)/p-1. The number of aromatic carboxylic acids is 1. The number of carboxylic acid groups (broad SMARTS) is 1. The molecule has 1 N–H and O–H groups in total. The zero-order chi connectivity index (χ0) is 8.43. The van der Waals surface area contributed by atoms with Gasteiger partial charge in [-0.3, -0.25) is 4.79 Å². The summed E-state index contributed by atoms with van der Waals surface area (Å²) < 4.78 is 0.303. The lowest BCUT2D eigenvalue weighted by Gasteiger charge is -2.02. The third-order valence-corrected chi connectivity index (χ3v) is 1.75. The van der Waals surface area contributed by atoms with Crippen LogP contribution in [0.15, 0.2) is 21.5 Å². The van der Waals surface area contributed by atoms with E-state index in [1.807, 2.05) is 0 Å². The highest BCUT2D eigenvalue weighted by Crippen LogP contribution is 2.10. The molecule has 1 aromatic rings. The smallest absolute Gasteiger partial charge is 0.248 e. The topological polar surface area (TPSA) is 73.0 Å². The lowest BCUT2D eigenvalue weighted by atomic mass is 10.3. The molecule has 0 bridgehead atoms. The average Bonchev–Trinajstić information content (AvgIpc) is 1.94. The number of rotatable bonds is 1. The van der Waals surface area contributed by atoms with Crippen LogP contribution in [0.1, 0.15) is 10.4 Å². The number of hydrogen-bond donors (Lipinski definition) is 1. The summed E-state index contributed by atoms with van der Waals surface area (Å²) in [5.74, 6) is -1.37. The Hall–Kier alpha value is -1.10. The van der Waals surface area contributed by atoms with Crippen LogP contribution in [-0.2, 0) is 0 Å². The lowest BCUT2D eigenvalue weighted by Crippen LogP contribution is -2.24. The number of hydrogen-bond acceptors (Lipinski definition) is 3. The van der Waals surface area contributed by atoms with E-state index < -0.39 is 11.5 Å². The number of halogens is 1.